The predicted octanol–water partition coefficient (Wildman–Crippen LogP) is 4.38. The molecule has 118 valence electrons. The first-order chi connectivity index (χ1) is 11.8. The number of ether oxygens (including phenoxy) is 1. The summed E-state index contributed by atoms with van der Waals surface area (Å²) >= 11 is 0. The van der Waals surface area contributed by atoms with Crippen LogP contribution in [0, 0.1) is 6.92 Å². The van der Waals surface area contributed by atoms with Gasteiger partial charge in [0, 0.05) is 11.1 Å². The molecule has 0 amide bonds. The lowest BCUT2D eigenvalue weighted by atomic mass is 10.1. The molecule has 0 saturated carbocycles. The van der Waals surface area contributed by atoms with Gasteiger partial charge >= 0.3 is 0 Å². The van der Waals surface area contributed by atoms with E-state index in [-0.39, 0.29) is 0 Å². The van der Waals surface area contributed by atoms with Crippen LogP contribution in [0.3, 0.4) is 0 Å². The zero-order valence-corrected chi connectivity index (χ0v) is 13.6. The van der Waals surface area contributed by atoms with E-state index in [1.54, 1.807) is 7.11 Å². The Labute approximate surface area is 140 Å². The van der Waals surface area contributed by atoms with E-state index in [9.17, 15) is 0 Å². The zero-order valence-electron chi connectivity index (χ0n) is 13.6. The van der Waals surface area contributed by atoms with E-state index in [2.05, 4.69) is 12.1 Å². The van der Waals surface area contributed by atoms with Crippen LogP contribution in [0.2, 0.25) is 0 Å². The number of nitrogens with zero attached hydrogens (tertiary/aromatic N) is 3. The van der Waals surface area contributed by atoms with E-state index in [1.165, 1.54) is 0 Å². The van der Waals surface area contributed by atoms with Gasteiger partial charge in [-0.2, -0.15) is 5.10 Å². The van der Waals surface area contributed by atoms with Crippen molar-refractivity contribution in [2.75, 3.05) is 7.11 Å². The molecule has 4 rings (SSSR count). The Morgan fingerprint density at radius 1 is 0.833 bits per heavy atom. The quantitative estimate of drug-likeness (QED) is 0.563. The van der Waals surface area contributed by atoms with Crippen molar-refractivity contribution in [2.24, 2.45) is 0 Å². The van der Waals surface area contributed by atoms with Gasteiger partial charge in [0.2, 0.25) is 0 Å². The van der Waals surface area contributed by atoms with Crippen molar-refractivity contribution in [2.45, 2.75) is 6.92 Å². The molecular weight excluding hydrogens is 298 g/mol. The normalized spacial score (nSPS) is 10.9. The third kappa shape index (κ3) is 2.42. The van der Waals surface area contributed by atoms with E-state index >= 15 is 0 Å². The number of aromatic nitrogens is 3. The van der Waals surface area contributed by atoms with E-state index in [1.807, 2.05) is 66.0 Å². The lowest BCUT2D eigenvalue weighted by Crippen LogP contribution is -1.96. The Hall–Kier alpha value is -3.14. The van der Waals surface area contributed by atoms with Gasteiger partial charge < -0.3 is 4.74 Å². The highest BCUT2D eigenvalue weighted by Crippen LogP contribution is 2.26. The molecular formula is C20H17N3O. The maximum atomic E-state index is 5.22. The minimum Gasteiger partial charge on any atom is -0.497 e. The number of hydrogen-bond acceptors (Lipinski definition) is 3. The van der Waals surface area contributed by atoms with Crippen molar-refractivity contribution < 1.29 is 4.74 Å². The number of benzene rings is 2. The van der Waals surface area contributed by atoms with Crippen LogP contribution in [-0.4, -0.2) is 21.7 Å². The maximum absolute atomic E-state index is 5.22. The molecule has 0 aliphatic rings. The van der Waals surface area contributed by atoms with Crippen LogP contribution in [0.4, 0.5) is 0 Å². The summed E-state index contributed by atoms with van der Waals surface area (Å²) in [7, 11) is 1.67. The Kier molecular flexibility index (Phi) is 3.50. The third-order valence-corrected chi connectivity index (χ3v) is 4.13. The summed E-state index contributed by atoms with van der Waals surface area (Å²) < 4.78 is 7.13. The maximum Gasteiger partial charge on any atom is 0.154 e. The molecule has 2 heterocycles. The molecule has 0 radical (unpaired) electrons. The van der Waals surface area contributed by atoms with Crippen LogP contribution in [0.5, 0.6) is 5.75 Å². The molecule has 0 unspecified atom stereocenters. The third-order valence-electron chi connectivity index (χ3n) is 4.13. The molecule has 0 aliphatic heterocycles. The van der Waals surface area contributed by atoms with Crippen molar-refractivity contribution in [3.8, 4) is 28.3 Å². The molecule has 0 atom stereocenters. The van der Waals surface area contributed by atoms with Crippen molar-refractivity contribution in [1.29, 1.82) is 0 Å². The Morgan fingerprint density at radius 3 is 2.29 bits per heavy atom. The Balaban J connectivity index is 1.82. The molecule has 2 aromatic carbocycles. The second kappa shape index (κ2) is 5.81. The highest BCUT2D eigenvalue weighted by Gasteiger charge is 2.12. The van der Waals surface area contributed by atoms with E-state index < -0.39 is 0 Å². The fraction of sp³-hybridized carbons (Fsp3) is 0.100. The molecule has 4 aromatic rings. The van der Waals surface area contributed by atoms with Crippen LogP contribution in [0.1, 0.15) is 5.69 Å². The summed E-state index contributed by atoms with van der Waals surface area (Å²) in [5, 5.41) is 4.75. The number of fused-ring (bicyclic) bond motifs is 1. The minimum atomic E-state index is 0.838. The average Bonchev–Trinajstić information content (AvgIpc) is 2.99. The monoisotopic (exact) mass is 315 g/mol. The van der Waals surface area contributed by atoms with Crippen molar-refractivity contribution in [1.82, 2.24) is 14.6 Å². The van der Waals surface area contributed by atoms with Gasteiger partial charge in [-0.25, -0.2) is 9.50 Å². The fourth-order valence-electron chi connectivity index (χ4n) is 2.83. The summed E-state index contributed by atoms with van der Waals surface area (Å²) in [6.07, 6.45) is 0. The lowest BCUT2D eigenvalue weighted by Gasteiger charge is -2.03. The first-order valence-corrected chi connectivity index (χ1v) is 7.82. The van der Waals surface area contributed by atoms with Gasteiger partial charge in [0.05, 0.1) is 24.2 Å². The van der Waals surface area contributed by atoms with Crippen molar-refractivity contribution in [3.63, 3.8) is 0 Å². The van der Waals surface area contributed by atoms with Crippen LogP contribution in [-0.2, 0) is 0 Å². The summed E-state index contributed by atoms with van der Waals surface area (Å²) in [5.74, 6) is 0.838. The van der Waals surface area contributed by atoms with Gasteiger partial charge in [-0.05, 0) is 43.3 Å². The molecule has 2 aromatic heterocycles. The van der Waals surface area contributed by atoms with E-state index in [0.717, 1.165) is 39.6 Å². The summed E-state index contributed by atoms with van der Waals surface area (Å²) in [4.78, 5) is 4.73. The van der Waals surface area contributed by atoms with Gasteiger partial charge in [0.1, 0.15) is 5.75 Å². The molecule has 4 heteroatoms. The van der Waals surface area contributed by atoms with Crippen LogP contribution >= 0.6 is 0 Å². The van der Waals surface area contributed by atoms with E-state index in [0.29, 0.717) is 0 Å². The largest absolute Gasteiger partial charge is 0.497 e. The second-order valence-corrected chi connectivity index (χ2v) is 5.63. The molecule has 0 saturated heterocycles. The zero-order chi connectivity index (χ0) is 16.5. The first kappa shape index (κ1) is 14.5. The molecule has 4 nitrogen and oxygen atoms in total. The number of hydrogen-bond donors (Lipinski definition) is 0. The Bertz CT molecular complexity index is 989. The standard InChI is InChI=1S/C20H17N3O/c1-14-20(16-8-10-17(24-2)11-9-16)21-19-13-12-18(22-23(14)19)15-6-4-3-5-7-15/h3-13H,1-2H3. The van der Waals surface area contributed by atoms with Crippen molar-refractivity contribution >= 4 is 5.65 Å². The van der Waals surface area contributed by atoms with E-state index in [4.69, 9.17) is 14.8 Å². The molecule has 0 bridgehead atoms. The topological polar surface area (TPSA) is 39.4 Å². The van der Waals surface area contributed by atoms with Gasteiger partial charge in [0.15, 0.2) is 5.65 Å². The average molecular weight is 315 g/mol. The minimum absolute atomic E-state index is 0.838. The highest BCUT2D eigenvalue weighted by atomic mass is 16.5. The number of aryl methyl sites for hydroxylation is 1. The molecule has 0 fully saturated rings. The van der Waals surface area contributed by atoms with Gasteiger partial charge in [-0.3, -0.25) is 0 Å². The SMILES string of the molecule is COc1ccc(-c2nc3ccc(-c4ccccc4)nn3c2C)cc1. The van der Waals surface area contributed by atoms with Gasteiger partial charge in [0.25, 0.3) is 0 Å². The second-order valence-electron chi connectivity index (χ2n) is 5.63. The van der Waals surface area contributed by atoms with Gasteiger partial charge in [-0.1, -0.05) is 30.3 Å². The number of methoxy groups -OCH3 is 1. The number of rotatable bonds is 3. The molecule has 0 aliphatic carbocycles. The Morgan fingerprint density at radius 2 is 1.58 bits per heavy atom. The van der Waals surface area contributed by atoms with Gasteiger partial charge in [-0.15, -0.1) is 0 Å². The van der Waals surface area contributed by atoms with Crippen LogP contribution in [0.15, 0.2) is 66.7 Å². The smallest absolute Gasteiger partial charge is 0.154 e. The fourth-order valence-corrected chi connectivity index (χ4v) is 2.83. The summed E-state index contributed by atoms with van der Waals surface area (Å²) in [6, 6.07) is 22.1. The first-order valence-electron chi connectivity index (χ1n) is 7.82. The predicted molar refractivity (Wildman–Crippen MR) is 95.1 cm³/mol. The molecule has 24 heavy (non-hydrogen) atoms. The highest BCUT2D eigenvalue weighted by molar-refractivity contribution is 5.68. The van der Waals surface area contributed by atoms with Crippen LogP contribution < -0.4 is 4.74 Å². The number of imidazole rings is 1. The lowest BCUT2D eigenvalue weighted by molar-refractivity contribution is 0.415. The molecule has 0 N–H and O–H groups in total. The summed E-state index contributed by atoms with van der Waals surface area (Å²) in [5.41, 5.74) is 5.89. The summed E-state index contributed by atoms with van der Waals surface area (Å²) in [6.45, 7) is 2.04. The van der Waals surface area contributed by atoms with Crippen LogP contribution in [0.25, 0.3) is 28.2 Å². The van der Waals surface area contributed by atoms with Crippen molar-refractivity contribution in [3.05, 3.63) is 72.4 Å². The molecule has 0 spiro atoms.